The van der Waals surface area contributed by atoms with E-state index in [0.717, 1.165) is 34.1 Å². The van der Waals surface area contributed by atoms with Gasteiger partial charge >= 0.3 is 0 Å². The number of hydrogen-bond acceptors (Lipinski definition) is 2. The van der Waals surface area contributed by atoms with Gasteiger partial charge in [0.2, 0.25) is 0 Å². The minimum Gasteiger partial charge on any atom is -0.497 e. The maximum Gasteiger partial charge on any atom is 0.121 e. The second-order valence-corrected chi connectivity index (χ2v) is 14.3. The van der Waals surface area contributed by atoms with Gasteiger partial charge in [-0.15, -0.1) is 0 Å². The van der Waals surface area contributed by atoms with E-state index in [9.17, 15) is 0 Å². The normalized spacial score (nSPS) is 11.5. The Balaban J connectivity index is 1.16. The smallest absolute Gasteiger partial charge is 0.121 e. The van der Waals surface area contributed by atoms with Crippen molar-refractivity contribution in [3.8, 4) is 44.8 Å². The average molecular weight is 707 g/mol. The molecule has 0 aliphatic heterocycles. The summed E-state index contributed by atoms with van der Waals surface area (Å²) < 4.78 is 8.22. The Morgan fingerprint density at radius 3 is 1.35 bits per heavy atom. The Bertz CT molecular complexity index is 2820. The van der Waals surface area contributed by atoms with Gasteiger partial charge in [0.05, 0.1) is 23.8 Å². The highest BCUT2D eigenvalue weighted by Crippen LogP contribution is 2.44. The zero-order valence-corrected chi connectivity index (χ0v) is 30.8. The van der Waals surface area contributed by atoms with Gasteiger partial charge in [0.15, 0.2) is 0 Å². The van der Waals surface area contributed by atoms with Crippen LogP contribution in [0.25, 0.3) is 71.6 Å². The highest BCUT2D eigenvalue weighted by molar-refractivity contribution is 6.25. The van der Waals surface area contributed by atoms with Crippen molar-refractivity contribution in [1.82, 2.24) is 4.57 Å². The topological polar surface area (TPSA) is 17.4 Å². The van der Waals surface area contributed by atoms with Crippen LogP contribution in [0.1, 0.15) is 5.56 Å². The van der Waals surface area contributed by atoms with E-state index in [1.54, 1.807) is 7.11 Å². The third-order valence-corrected chi connectivity index (χ3v) is 10.8. The maximum atomic E-state index is 5.76. The molecule has 0 spiro atoms. The standard InChI is InChI=1S/C52H38N2O/c1-35-28-47(34-48(29-35)55-2)53(44-22-20-39(21-23-44)36-12-6-3-7-13-36)45-24-26-46(27-25-45)54-49-32-42(37-14-8-4-9-15-37)30-40-18-19-41-31-43(38-16-10-5-11-17-38)33-50(54)52(41)51(40)49/h3-34H,1-2H3. The molecule has 3 nitrogen and oxygen atoms in total. The van der Waals surface area contributed by atoms with Gasteiger partial charge in [-0.2, -0.15) is 0 Å². The molecule has 10 aromatic rings. The van der Waals surface area contributed by atoms with Crippen LogP contribution in [0.4, 0.5) is 17.1 Å². The number of ether oxygens (including phenoxy) is 1. The molecule has 0 aliphatic carbocycles. The summed E-state index contributed by atoms with van der Waals surface area (Å²) >= 11 is 0. The molecule has 0 N–H and O–H groups in total. The van der Waals surface area contributed by atoms with E-state index < -0.39 is 0 Å². The highest BCUT2D eigenvalue weighted by Gasteiger charge is 2.21. The quantitative estimate of drug-likeness (QED) is 0.146. The Hall–Kier alpha value is -7.10. The molecule has 1 aromatic heterocycles. The van der Waals surface area contributed by atoms with E-state index in [4.69, 9.17) is 4.74 Å². The van der Waals surface area contributed by atoms with Crippen molar-refractivity contribution in [2.24, 2.45) is 0 Å². The molecule has 3 heteroatoms. The predicted octanol–water partition coefficient (Wildman–Crippen LogP) is 14.2. The molecular formula is C52H38N2O. The highest BCUT2D eigenvalue weighted by atomic mass is 16.5. The van der Waals surface area contributed by atoms with Crippen molar-refractivity contribution in [3.63, 3.8) is 0 Å². The largest absolute Gasteiger partial charge is 0.497 e. The third-order valence-electron chi connectivity index (χ3n) is 10.8. The minimum absolute atomic E-state index is 0.831. The number of benzene rings is 9. The van der Waals surface area contributed by atoms with Gasteiger partial charge in [-0.05, 0) is 129 Å². The predicted molar refractivity (Wildman–Crippen MR) is 232 cm³/mol. The third kappa shape index (κ3) is 5.78. The van der Waals surface area contributed by atoms with Crippen LogP contribution in [0.5, 0.6) is 5.75 Å². The second-order valence-electron chi connectivity index (χ2n) is 14.3. The van der Waals surface area contributed by atoms with Gasteiger partial charge in [0, 0.05) is 33.9 Å². The van der Waals surface area contributed by atoms with Crippen molar-refractivity contribution in [2.75, 3.05) is 12.0 Å². The number of aromatic nitrogens is 1. The number of methoxy groups -OCH3 is 1. The lowest BCUT2D eigenvalue weighted by molar-refractivity contribution is 0.414. The summed E-state index contributed by atoms with van der Waals surface area (Å²) in [6, 6.07) is 70.2. The van der Waals surface area contributed by atoms with Crippen molar-refractivity contribution in [1.29, 1.82) is 0 Å². The molecule has 0 aliphatic rings. The minimum atomic E-state index is 0.831. The van der Waals surface area contributed by atoms with Gasteiger partial charge in [-0.3, -0.25) is 0 Å². The van der Waals surface area contributed by atoms with Crippen molar-refractivity contribution in [2.45, 2.75) is 6.92 Å². The number of hydrogen-bond donors (Lipinski definition) is 0. The number of aryl methyl sites for hydroxylation is 1. The summed E-state index contributed by atoms with van der Waals surface area (Å²) in [5.74, 6) is 0.831. The van der Waals surface area contributed by atoms with Crippen LogP contribution in [-0.4, -0.2) is 11.7 Å². The first kappa shape index (κ1) is 32.5. The first-order chi connectivity index (χ1) is 27.1. The van der Waals surface area contributed by atoms with Gasteiger partial charge in [-0.1, -0.05) is 115 Å². The Kier molecular flexibility index (Phi) is 7.92. The molecular weight excluding hydrogens is 669 g/mol. The molecule has 55 heavy (non-hydrogen) atoms. The van der Waals surface area contributed by atoms with E-state index in [1.807, 2.05) is 0 Å². The summed E-state index contributed by atoms with van der Waals surface area (Å²) in [4.78, 5) is 2.31. The lowest BCUT2D eigenvalue weighted by atomic mass is 9.95. The Morgan fingerprint density at radius 2 is 0.855 bits per heavy atom. The Labute approximate surface area is 321 Å². The first-order valence-electron chi connectivity index (χ1n) is 18.8. The summed E-state index contributed by atoms with van der Waals surface area (Å²) in [5, 5.41) is 5.08. The summed E-state index contributed by atoms with van der Waals surface area (Å²) in [6.45, 7) is 2.12. The fourth-order valence-corrected chi connectivity index (χ4v) is 8.25. The molecule has 1 heterocycles. The van der Waals surface area contributed by atoms with Crippen LogP contribution in [0.3, 0.4) is 0 Å². The SMILES string of the molecule is COc1cc(C)cc(N(c2ccc(-c3ccccc3)cc2)c2ccc(-n3c4cc(-c5ccccc5)cc5ccc6cc(-c7ccccc7)cc3c6c54)cc2)c1. The molecule has 0 fully saturated rings. The van der Waals surface area contributed by atoms with Crippen LogP contribution in [0.2, 0.25) is 0 Å². The number of nitrogens with zero attached hydrogens (tertiary/aromatic N) is 2. The van der Waals surface area contributed by atoms with Crippen LogP contribution in [0, 0.1) is 6.92 Å². The second kappa shape index (κ2) is 13.4. The maximum absolute atomic E-state index is 5.76. The molecule has 0 saturated carbocycles. The molecule has 0 unspecified atom stereocenters. The van der Waals surface area contributed by atoms with Gasteiger partial charge in [0.1, 0.15) is 5.75 Å². The number of anilines is 3. The molecule has 0 bridgehead atoms. The molecule has 0 amide bonds. The first-order valence-corrected chi connectivity index (χ1v) is 18.8. The monoisotopic (exact) mass is 706 g/mol. The zero-order valence-electron chi connectivity index (χ0n) is 30.8. The van der Waals surface area contributed by atoms with Crippen molar-refractivity contribution in [3.05, 3.63) is 200 Å². The fraction of sp³-hybridized carbons (Fsp3) is 0.0385. The van der Waals surface area contributed by atoms with Gasteiger partial charge in [0.25, 0.3) is 0 Å². The van der Waals surface area contributed by atoms with Crippen molar-refractivity contribution >= 4 is 49.6 Å². The van der Waals surface area contributed by atoms with Gasteiger partial charge in [-0.25, -0.2) is 0 Å². The van der Waals surface area contributed by atoms with E-state index in [1.165, 1.54) is 66.0 Å². The summed E-state index contributed by atoms with van der Waals surface area (Å²) in [5.41, 5.74) is 15.0. The van der Waals surface area contributed by atoms with E-state index in [2.05, 4.69) is 211 Å². The lowest BCUT2D eigenvalue weighted by Gasteiger charge is -2.27. The molecule has 0 atom stereocenters. The van der Waals surface area contributed by atoms with Crippen LogP contribution < -0.4 is 9.64 Å². The van der Waals surface area contributed by atoms with Crippen molar-refractivity contribution < 1.29 is 4.74 Å². The molecule has 9 aromatic carbocycles. The molecule has 0 radical (unpaired) electrons. The van der Waals surface area contributed by atoms with Crippen LogP contribution in [-0.2, 0) is 0 Å². The fourth-order valence-electron chi connectivity index (χ4n) is 8.25. The van der Waals surface area contributed by atoms with Crippen LogP contribution in [0.15, 0.2) is 194 Å². The lowest BCUT2D eigenvalue weighted by Crippen LogP contribution is -2.10. The van der Waals surface area contributed by atoms with Crippen LogP contribution >= 0.6 is 0 Å². The van der Waals surface area contributed by atoms with E-state index >= 15 is 0 Å². The average Bonchev–Trinajstić information content (AvgIpc) is 3.58. The van der Waals surface area contributed by atoms with E-state index in [0.29, 0.717) is 0 Å². The number of rotatable bonds is 8. The molecule has 262 valence electrons. The van der Waals surface area contributed by atoms with Gasteiger partial charge < -0.3 is 14.2 Å². The van der Waals surface area contributed by atoms with E-state index in [-0.39, 0.29) is 0 Å². The zero-order chi connectivity index (χ0) is 36.9. The molecule has 0 saturated heterocycles. The Morgan fingerprint density at radius 1 is 0.400 bits per heavy atom. The summed E-state index contributed by atoms with van der Waals surface area (Å²) in [6.07, 6.45) is 0. The molecule has 10 rings (SSSR count). The summed E-state index contributed by atoms with van der Waals surface area (Å²) in [7, 11) is 1.73.